The second-order valence-electron chi connectivity index (χ2n) is 29.0. The van der Waals surface area contributed by atoms with Gasteiger partial charge in [0.25, 0.3) is 0 Å². The molecule has 0 unspecified atom stereocenters. The Morgan fingerprint density at radius 1 is 0.220 bits per heavy atom. The van der Waals surface area contributed by atoms with Crippen LogP contribution in [0, 0.1) is 83.1 Å². The Balaban J connectivity index is 0.000000191. The first-order valence-corrected chi connectivity index (χ1v) is 30.8. The summed E-state index contributed by atoms with van der Waals surface area (Å²) in [6.45, 7) is 53.2. The molecule has 1 saturated carbocycles. The van der Waals surface area contributed by atoms with Crippen molar-refractivity contribution in [2.75, 3.05) is 0 Å². The van der Waals surface area contributed by atoms with Crippen molar-refractivity contribution < 1.29 is 0 Å². The van der Waals surface area contributed by atoms with Gasteiger partial charge < -0.3 is 0 Å². The molecule has 8 aromatic carbocycles. The second-order valence-corrected chi connectivity index (χ2v) is 29.0. The minimum absolute atomic E-state index is 0.178. The van der Waals surface area contributed by atoms with Gasteiger partial charge in [0, 0.05) is 0 Å². The Labute approximate surface area is 502 Å². The number of aryl methyl sites for hydroxylation is 12. The van der Waals surface area contributed by atoms with Gasteiger partial charge >= 0.3 is 0 Å². The molecule has 82 heavy (non-hydrogen) atoms. The van der Waals surface area contributed by atoms with E-state index in [4.69, 9.17) is 0 Å². The minimum atomic E-state index is 0.178. The van der Waals surface area contributed by atoms with Crippen LogP contribution in [0.1, 0.15) is 216 Å². The van der Waals surface area contributed by atoms with Crippen molar-refractivity contribution >= 4 is 0 Å². The second kappa shape index (κ2) is 28.4. The first kappa shape index (κ1) is 66.6. The van der Waals surface area contributed by atoms with Gasteiger partial charge in [-0.2, -0.15) is 0 Å². The smallest absolute Gasteiger partial charge is 0.0132 e. The molecule has 0 aromatic heterocycles. The quantitative estimate of drug-likeness (QED) is 0.165. The number of hydrogen-bond donors (Lipinski definition) is 0. The first-order chi connectivity index (χ1) is 38.0. The van der Waals surface area contributed by atoms with Gasteiger partial charge in [-0.1, -0.05) is 321 Å². The van der Waals surface area contributed by atoms with E-state index in [2.05, 4.69) is 318 Å². The predicted octanol–water partition coefficient (Wildman–Crippen LogP) is 24.4. The van der Waals surface area contributed by atoms with Crippen LogP contribution in [0.5, 0.6) is 0 Å². The van der Waals surface area contributed by atoms with Gasteiger partial charge in [0.1, 0.15) is 0 Å². The normalized spacial score (nSPS) is 12.8. The Hall–Kier alpha value is -6.24. The van der Waals surface area contributed by atoms with E-state index in [0.29, 0.717) is 0 Å². The summed E-state index contributed by atoms with van der Waals surface area (Å²) in [6.07, 6.45) is 7.11. The molecule has 1 aliphatic rings. The summed E-state index contributed by atoms with van der Waals surface area (Å²) < 4.78 is 0. The van der Waals surface area contributed by atoms with Crippen LogP contribution in [-0.2, 0) is 21.7 Å². The number of rotatable bonds is 4. The molecule has 0 spiro atoms. The Bertz CT molecular complexity index is 3160. The highest BCUT2D eigenvalue weighted by Crippen LogP contribution is 2.36. The topological polar surface area (TPSA) is 0 Å². The Kier molecular flexibility index (Phi) is 23.0. The van der Waals surface area contributed by atoms with E-state index in [9.17, 15) is 0 Å². The largest absolute Gasteiger partial charge is 0.0587 e. The van der Waals surface area contributed by atoms with Gasteiger partial charge in [0.2, 0.25) is 0 Å². The summed E-state index contributed by atoms with van der Waals surface area (Å²) >= 11 is 0. The van der Waals surface area contributed by atoms with Crippen LogP contribution in [-0.4, -0.2) is 0 Å². The van der Waals surface area contributed by atoms with E-state index in [-0.39, 0.29) is 21.7 Å². The zero-order valence-electron chi connectivity index (χ0n) is 56.0. The molecule has 8 aromatic rings. The third kappa shape index (κ3) is 21.2. The molecule has 9 rings (SSSR count). The van der Waals surface area contributed by atoms with Crippen LogP contribution in [0.2, 0.25) is 0 Å². The van der Waals surface area contributed by atoms with Crippen molar-refractivity contribution in [3.05, 3.63) is 246 Å². The van der Waals surface area contributed by atoms with Gasteiger partial charge in [0.05, 0.1) is 0 Å². The highest BCUT2D eigenvalue weighted by atomic mass is 14.2. The fourth-order valence-corrected chi connectivity index (χ4v) is 11.3. The van der Waals surface area contributed by atoms with E-state index >= 15 is 0 Å². The lowest BCUT2D eigenvalue weighted by Crippen LogP contribution is -2.12. The Morgan fingerprint density at radius 2 is 0.439 bits per heavy atom. The van der Waals surface area contributed by atoms with Crippen molar-refractivity contribution in [2.24, 2.45) is 0 Å². The third-order valence-electron chi connectivity index (χ3n) is 15.7. The fraction of sp³-hybridized carbons (Fsp3) is 0.415. The fourth-order valence-electron chi connectivity index (χ4n) is 11.3. The molecular formula is C82H108. The van der Waals surface area contributed by atoms with Crippen LogP contribution in [0.15, 0.2) is 152 Å². The summed E-state index contributed by atoms with van der Waals surface area (Å²) in [5.74, 6) is 0.849. The summed E-state index contributed by atoms with van der Waals surface area (Å²) in [5.41, 5.74) is 32.2. The van der Waals surface area contributed by atoms with Crippen molar-refractivity contribution in [3.63, 3.8) is 0 Å². The molecule has 1 aliphatic carbocycles. The molecule has 0 radical (unpaired) electrons. The van der Waals surface area contributed by atoms with Crippen molar-refractivity contribution in [2.45, 2.75) is 226 Å². The van der Waals surface area contributed by atoms with Crippen LogP contribution >= 0.6 is 0 Å². The lowest BCUT2D eigenvalue weighted by Gasteiger charge is -2.23. The van der Waals surface area contributed by atoms with E-state index in [1.54, 1.807) is 5.56 Å². The van der Waals surface area contributed by atoms with Crippen LogP contribution in [0.25, 0.3) is 33.4 Å². The molecule has 0 amide bonds. The summed E-state index contributed by atoms with van der Waals surface area (Å²) in [6, 6.07) is 56.8. The van der Waals surface area contributed by atoms with Crippen LogP contribution in [0.3, 0.4) is 0 Å². The van der Waals surface area contributed by atoms with E-state index in [0.717, 1.165) is 5.92 Å². The molecule has 436 valence electrons. The van der Waals surface area contributed by atoms with Crippen molar-refractivity contribution in [1.29, 1.82) is 0 Å². The van der Waals surface area contributed by atoms with E-state index in [1.165, 1.54) is 155 Å². The molecule has 0 aliphatic heterocycles. The minimum Gasteiger partial charge on any atom is -0.0587 e. The third-order valence-corrected chi connectivity index (χ3v) is 15.7. The predicted molar refractivity (Wildman–Crippen MR) is 366 cm³/mol. The van der Waals surface area contributed by atoms with Crippen LogP contribution < -0.4 is 0 Å². The zero-order chi connectivity index (χ0) is 61.1. The number of benzene rings is 8. The van der Waals surface area contributed by atoms with Crippen molar-refractivity contribution in [3.8, 4) is 33.4 Å². The molecule has 0 heterocycles. The summed E-state index contributed by atoms with van der Waals surface area (Å²) in [7, 11) is 0. The lowest BCUT2D eigenvalue weighted by atomic mass is 9.82. The standard InChI is InChI=1S/C22H30.C18H22.C16H18.C14H20.C12H18/c1-15-9-17(13-19(11-15)21(3,4)5)18-10-16(2)12-20(14-18)22(6,7)8;1-13-6-8-15(9-7-13)16-10-14(2)11-17(12-16)18(3,4)5;1-11-5-12(2)8-15(7-11)16-9-13(3)6-14(4)10-16;1-11-8-12(2)10-14(9-11)13-6-4-3-5-7-13;1-9-6-10(2)8-11(7-9)12(3,4)5/h9-14H,1-8H3;6-12H,1-5H3;5-10H,1-4H3;8-10,13H,3-7H2,1-2H3;6-8H,1-5H3. The van der Waals surface area contributed by atoms with Gasteiger partial charge in [-0.25, -0.2) is 0 Å². The average molecular weight is 1090 g/mol. The van der Waals surface area contributed by atoms with Gasteiger partial charge in [-0.15, -0.1) is 0 Å². The molecule has 0 heteroatoms. The molecule has 0 nitrogen and oxygen atoms in total. The zero-order valence-corrected chi connectivity index (χ0v) is 56.0. The van der Waals surface area contributed by atoms with Gasteiger partial charge in [-0.05, 0) is 185 Å². The van der Waals surface area contributed by atoms with Gasteiger partial charge in [-0.3, -0.25) is 0 Å². The molecule has 0 bridgehead atoms. The monoisotopic (exact) mass is 1090 g/mol. The van der Waals surface area contributed by atoms with Gasteiger partial charge in [0.15, 0.2) is 0 Å². The maximum Gasteiger partial charge on any atom is -0.0132 e. The highest BCUT2D eigenvalue weighted by molar-refractivity contribution is 5.69. The summed E-state index contributed by atoms with van der Waals surface area (Å²) in [4.78, 5) is 0. The molecule has 0 saturated heterocycles. The molecule has 0 atom stereocenters. The molecular weight excluding hydrogens is 985 g/mol. The Morgan fingerprint density at radius 3 is 0.720 bits per heavy atom. The number of hydrogen-bond acceptors (Lipinski definition) is 0. The first-order valence-electron chi connectivity index (χ1n) is 30.8. The lowest BCUT2D eigenvalue weighted by molar-refractivity contribution is 0.443. The molecule has 1 fully saturated rings. The summed E-state index contributed by atoms with van der Waals surface area (Å²) in [5, 5.41) is 0. The average Bonchev–Trinajstić information content (AvgIpc) is 3.41. The SMILES string of the molecule is Cc1cc(-c2cc(C)cc(C(C)(C)C)c2)cc(C(C)(C)C)c1.Cc1cc(C)cc(-c2cc(C)cc(C)c2)c1.Cc1cc(C)cc(C(C)(C)C)c1.Cc1cc(C)cc(C2CCCCC2)c1.Cc1ccc(-c2cc(C)cc(C(C)(C)C)c2)cc1. The van der Waals surface area contributed by atoms with Crippen LogP contribution in [0.4, 0.5) is 0 Å². The van der Waals surface area contributed by atoms with E-state index in [1.807, 2.05) is 0 Å². The van der Waals surface area contributed by atoms with E-state index < -0.39 is 0 Å². The highest BCUT2D eigenvalue weighted by Gasteiger charge is 2.20. The van der Waals surface area contributed by atoms with Crippen molar-refractivity contribution in [1.82, 2.24) is 0 Å². The molecule has 0 N–H and O–H groups in total. The maximum atomic E-state index is 2.38. The maximum absolute atomic E-state index is 2.38.